The van der Waals surface area contributed by atoms with Crippen LogP contribution >= 0.6 is 46.4 Å². The van der Waals surface area contributed by atoms with Gasteiger partial charge in [-0.15, -0.1) is 0 Å². The topological polar surface area (TPSA) is 108 Å². The first-order valence-corrected chi connectivity index (χ1v) is 18.3. The van der Waals surface area contributed by atoms with Gasteiger partial charge in [0.15, 0.2) is 0 Å². The maximum absolute atomic E-state index is 12.0. The van der Waals surface area contributed by atoms with Gasteiger partial charge in [0.25, 0.3) is 0 Å². The summed E-state index contributed by atoms with van der Waals surface area (Å²) < 4.78 is 8.56. The van der Waals surface area contributed by atoms with Gasteiger partial charge in [-0.1, -0.05) is 58.5 Å². The van der Waals surface area contributed by atoms with Crippen LogP contribution in [-0.2, 0) is 17.6 Å². The van der Waals surface area contributed by atoms with Crippen LogP contribution in [0.15, 0.2) is 73.1 Å². The van der Waals surface area contributed by atoms with E-state index in [1.54, 1.807) is 68.0 Å². The van der Waals surface area contributed by atoms with Crippen molar-refractivity contribution >= 4 is 97.5 Å². The number of hydrogen-bond acceptors (Lipinski definition) is 5. The summed E-state index contributed by atoms with van der Waals surface area (Å²) in [5.41, 5.74) is 13.7. The monoisotopic (exact) mass is 792 g/mol. The van der Waals surface area contributed by atoms with Gasteiger partial charge in [0.2, 0.25) is 11.8 Å². The van der Waals surface area contributed by atoms with Crippen molar-refractivity contribution in [3.63, 3.8) is 0 Å². The molecular weight excluding hydrogens is 754 g/mol. The minimum Gasteiger partial charge on any atom is -0.444 e. The lowest BCUT2D eigenvalue weighted by atomic mass is 10.0. The Morgan fingerprint density at radius 2 is 1.08 bits per heavy atom. The summed E-state index contributed by atoms with van der Waals surface area (Å²) in [7, 11) is 0. The molecule has 2 heterocycles. The molecule has 0 bridgehead atoms. The van der Waals surface area contributed by atoms with Crippen LogP contribution in [0, 0.1) is 13.8 Å². The molecule has 53 heavy (non-hydrogen) atoms. The molecule has 0 aliphatic heterocycles. The van der Waals surface area contributed by atoms with E-state index >= 15 is 0 Å². The van der Waals surface area contributed by atoms with Gasteiger partial charge in [0.1, 0.15) is 5.60 Å². The number of aryl methyl sites for hydroxylation is 2. The van der Waals surface area contributed by atoms with Gasteiger partial charge in [-0.25, -0.2) is 4.79 Å². The Kier molecular flexibility index (Phi) is 11.9. The molecule has 4 aromatic carbocycles. The maximum Gasteiger partial charge on any atom is 0.412 e. The van der Waals surface area contributed by atoms with Crippen LogP contribution in [0.2, 0.25) is 20.1 Å². The smallest absolute Gasteiger partial charge is 0.412 e. The molecule has 0 unspecified atom stereocenters. The van der Waals surface area contributed by atoms with Crippen molar-refractivity contribution in [2.45, 2.75) is 66.9 Å². The van der Waals surface area contributed by atoms with Crippen molar-refractivity contribution in [2.75, 3.05) is 11.1 Å². The van der Waals surface area contributed by atoms with Gasteiger partial charge in [0, 0.05) is 81.3 Å². The second-order valence-corrected chi connectivity index (χ2v) is 15.6. The molecule has 6 rings (SSSR count). The number of nitrogens with zero attached hydrogens (tertiary/aromatic N) is 2. The summed E-state index contributed by atoms with van der Waals surface area (Å²) >= 11 is 25.5. The van der Waals surface area contributed by atoms with Crippen LogP contribution in [-0.4, -0.2) is 32.6 Å². The number of rotatable bonds is 5. The summed E-state index contributed by atoms with van der Waals surface area (Å²) in [5, 5.41) is 6.75. The first kappa shape index (κ1) is 39.7. The lowest BCUT2D eigenvalue weighted by Crippen LogP contribution is -2.27. The largest absolute Gasteiger partial charge is 0.444 e. The third-order valence-corrected chi connectivity index (χ3v) is 9.88. The Hall–Kier alpha value is -4.47. The lowest BCUT2D eigenvalue weighted by molar-refractivity contribution is 0.0635. The van der Waals surface area contributed by atoms with Gasteiger partial charge < -0.3 is 10.5 Å². The number of nitrogens with two attached hydrogens (primary N) is 1. The molecule has 276 valence electrons. The minimum absolute atomic E-state index is 0.000438. The standard InChI is InChI=1S/C23H24Cl2N2O3.C18H16Cl2N2O/c1-13-12-27(14(2)28)21-7-6-15(8-17(13)21)9-18-19(24)10-16(11-20(18)25)26-22(29)30-23(3,4)5;1-10-9-22(11(2)23)18-4-3-12(5-14(10)18)6-15-16(19)7-13(21)8-17(15)20/h6-8,10-12H,9H2,1-5H3,(H,26,29);3-5,7-9H,6,21H2,1-2H3. The van der Waals surface area contributed by atoms with E-state index in [0.717, 1.165) is 55.2 Å². The number of fused-ring (bicyclic) bond motifs is 2. The quantitative estimate of drug-likeness (QED) is 0.169. The molecule has 3 N–H and O–H groups in total. The number of ether oxygens (including phenoxy) is 1. The Labute approximate surface area is 328 Å². The predicted octanol–water partition coefficient (Wildman–Crippen LogP) is 11.9. The van der Waals surface area contributed by atoms with Crippen LogP contribution in [0.25, 0.3) is 21.8 Å². The van der Waals surface area contributed by atoms with Gasteiger partial charge in [0.05, 0.1) is 11.0 Å². The summed E-state index contributed by atoms with van der Waals surface area (Å²) in [5.74, 6) is -0.0273. The Morgan fingerprint density at radius 1 is 0.679 bits per heavy atom. The van der Waals surface area contributed by atoms with Crippen molar-refractivity contribution in [1.82, 2.24) is 9.13 Å². The van der Waals surface area contributed by atoms with E-state index in [2.05, 4.69) is 11.4 Å². The van der Waals surface area contributed by atoms with E-state index in [0.29, 0.717) is 44.3 Å². The third-order valence-electron chi connectivity index (χ3n) is 8.53. The highest BCUT2D eigenvalue weighted by Gasteiger charge is 2.18. The first-order chi connectivity index (χ1) is 24.8. The van der Waals surface area contributed by atoms with Crippen molar-refractivity contribution in [3.05, 3.63) is 127 Å². The number of nitrogen functional groups attached to an aromatic ring is 1. The zero-order chi connectivity index (χ0) is 38.9. The highest BCUT2D eigenvalue weighted by atomic mass is 35.5. The number of carbonyl (C=O) groups excluding carboxylic acids is 3. The van der Waals surface area contributed by atoms with Crippen LogP contribution in [0.3, 0.4) is 0 Å². The molecule has 2 aromatic heterocycles. The van der Waals surface area contributed by atoms with Crippen LogP contribution in [0.5, 0.6) is 0 Å². The number of nitrogens with one attached hydrogen (secondary N) is 1. The molecule has 0 aliphatic carbocycles. The number of benzene rings is 4. The molecule has 0 fully saturated rings. The van der Waals surface area contributed by atoms with Gasteiger partial charge in [-0.3, -0.25) is 24.0 Å². The third kappa shape index (κ3) is 9.37. The summed E-state index contributed by atoms with van der Waals surface area (Å²) in [6.45, 7) is 12.4. The zero-order valence-corrected chi connectivity index (χ0v) is 33.5. The number of amides is 1. The summed E-state index contributed by atoms with van der Waals surface area (Å²) in [4.78, 5) is 35.5. The van der Waals surface area contributed by atoms with E-state index in [-0.39, 0.29) is 11.8 Å². The van der Waals surface area contributed by atoms with E-state index in [1.807, 2.05) is 56.6 Å². The number of aromatic nitrogens is 2. The van der Waals surface area contributed by atoms with Crippen molar-refractivity contribution in [1.29, 1.82) is 0 Å². The van der Waals surface area contributed by atoms with Crippen LogP contribution in [0.1, 0.15) is 77.6 Å². The van der Waals surface area contributed by atoms with Gasteiger partial charge in [-0.05, 0) is 117 Å². The Balaban J connectivity index is 0.000000211. The number of hydrogen-bond donors (Lipinski definition) is 2. The van der Waals surface area contributed by atoms with E-state index < -0.39 is 11.7 Å². The van der Waals surface area contributed by atoms with E-state index in [1.165, 1.54) is 0 Å². The fourth-order valence-corrected chi connectivity index (χ4v) is 7.35. The second-order valence-electron chi connectivity index (χ2n) is 14.0. The summed E-state index contributed by atoms with van der Waals surface area (Å²) in [6, 6.07) is 18.7. The number of carbonyl (C=O) groups is 3. The predicted molar refractivity (Wildman–Crippen MR) is 219 cm³/mol. The SMILES string of the molecule is CC(=O)n1cc(C)c2cc(Cc3c(Cl)cc(N)cc3Cl)ccc21.CC(=O)n1cc(C)c2cc(Cc3c(Cl)cc(NC(=O)OC(C)(C)C)cc3Cl)ccc21. The van der Waals surface area contributed by atoms with Crippen molar-refractivity contribution < 1.29 is 19.1 Å². The molecule has 0 saturated heterocycles. The molecule has 0 aliphatic rings. The average Bonchev–Trinajstić information content (AvgIpc) is 3.56. The normalized spacial score (nSPS) is 11.4. The van der Waals surface area contributed by atoms with E-state index in [9.17, 15) is 14.4 Å². The molecule has 6 aromatic rings. The first-order valence-electron chi connectivity index (χ1n) is 16.8. The number of anilines is 2. The van der Waals surface area contributed by atoms with E-state index in [4.69, 9.17) is 56.9 Å². The fourth-order valence-electron chi connectivity index (χ4n) is 6.09. The summed E-state index contributed by atoms with van der Waals surface area (Å²) in [6.07, 6.45) is 4.26. The number of halogens is 4. The molecule has 1 amide bonds. The molecular formula is C41H40Cl4N4O4. The lowest BCUT2D eigenvalue weighted by Gasteiger charge is -2.20. The Bertz CT molecular complexity index is 2360. The maximum atomic E-state index is 12.0. The second kappa shape index (κ2) is 15.9. The van der Waals surface area contributed by atoms with Crippen molar-refractivity contribution in [2.24, 2.45) is 0 Å². The highest BCUT2D eigenvalue weighted by Crippen LogP contribution is 2.34. The molecule has 8 nitrogen and oxygen atoms in total. The van der Waals surface area contributed by atoms with Gasteiger partial charge in [-0.2, -0.15) is 0 Å². The average molecular weight is 795 g/mol. The highest BCUT2D eigenvalue weighted by molar-refractivity contribution is 6.37. The molecule has 0 atom stereocenters. The van der Waals surface area contributed by atoms with Crippen LogP contribution < -0.4 is 11.1 Å². The van der Waals surface area contributed by atoms with Crippen LogP contribution in [0.4, 0.5) is 16.2 Å². The molecule has 0 radical (unpaired) electrons. The van der Waals surface area contributed by atoms with Crippen molar-refractivity contribution in [3.8, 4) is 0 Å². The fraction of sp³-hybridized carbons (Fsp3) is 0.244. The van der Waals surface area contributed by atoms with Gasteiger partial charge >= 0.3 is 6.09 Å². The molecule has 0 spiro atoms. The molecule has 0 saturated carbocycles. The zero-order valence-electron chi connectivity index (χ0n) is 30.5. The Morgan fingerprint density at radius 3 is 1.45 bits per heavy atom. The minimum atomic E-state index is -0.601. The molecule has 12 heteroatoms.